The number of fused-ring (bicyclic) bond motifs is 1. The lowest BCUT2D eigenvalue weighted by Crippen LogP contribution is -2.30. The molecule has 5 aromatic rings. The SMILES string of the molecule is CC[C@H](NC(=O)c1c(CN(C)Cc2ccccc2)c(-c2ccccc2)nc2ccccc12)c1ccccc1. The molecular weight excluding hydrogens is 466 g/mol. The number of amides is 1. The van der Waals surface area contributed by atoms with Crippen LogP contribution in [0, 0.1) is 0 Å². The number of carbonyl (C=O) groups excluding carboxylic acids is 1. The molecule has 1 amide bonds. The van der Waals surface area contributed by atoms with E-state index >= 15 is 0 Å². The molecule has 1 aromatic heterocycles. The van der Waals surface area contributed by atoms with Gasteiger partial charge >= 0.3 is 0 Å². The number of rotatable bonds is 9. The maximum Gasteiger partial charge on any atom is 0.252 e. The molecule has 0 aliphatic heterocycles. The van der Waals surface area contributed by atoms with Gasteiger partial charge in [-0.05, 0) is 30.7 Å². The molecule has 0 saturated carbocycles. The van der Waals surface area contributed by atoms with Crippen LogP contribution in [0.5, 0.6) is 0 Å². The molecule has 0 bridgehead atoms. The Morgan fingerprint density at radius 1 is 0.789 bits per heavy atom. The summed E-state index contributed by atoms with van der Waals surface area (Å²) in [4.78, 5) is 21.5. The number of carbonyl (C=O) groups is 1. The molecule has 4 aromatic carbocycles. The molecule has 0 spiro atoms. The molecule has 0 fully saturated rings. The zero-order valence-electron chi connectivity index (χ0n) is 22.0. The second-order valence-electron chi connectivity index (χ2n) is 9.70. The molecule has 1 N–H and O–H groups in total. The van der Waals surface area contributed by atoms with E-state index in [0.717, 1.165) is 46.3 Å². The van der Waals surface area contributed by atoms with Crippen molar-refractivity contribution in [2.75, 3.05) is 7.05 Å². The lowest BCUT2D eigenvalue weighted by atomic mass is 9.94. The summed E-state index contributed by atoms with van der Waals surface area (Å²) in [5.74, 6) is -0.0698. The van der Waals surface area contributed by atoms with Crippen LogP contribution in [-0.4, -0.2) is 22.8 Å². The fraction of sp³-hybridized carbons (Fsp3) is 0.176. The van der Waals surface area contributed by atoms with Crippen molar-refractivity contribution in [1.29, 1.82) is 0 Å². The molecule has 5 rings (SSSR count). The summed E-state index contributed by atoms with van der Waals surface area (Å²) in [5, 5.41) is 4.22. The Labute approximate surface area is 225 Å². The van der Waals surface area contributed by atoms with Crippen LogP contribution in [0.4, 0.5) is 0 Å². The highest BCUT2D eigenvalue weighted by molar-refractivity contribution is 6.09. The van der Waals surface area contributed by atoms with E-state index in [1.54, 1.807) is 0 Å². The number of nitrogens with zero attached hydrogens (tertiary/aromatic N) is 2. The number of aromatic nitrogens is 1. The van der Waals surface area contributed by atoms with Gasteiger partial charge < -0.3 is 5.32 Å². The van der Waals surface area contributed by atoms with Crippen LogP contribution in [0.3, 0.4) is 0 Å². The highest BCUT2D eigenvalue weighted by Gasteiger charge is 2.24. The van der Waals surface area contributed by atoms with Crippen molar-refractivity contribution in [3.05, 3.63) is 138 Å². The maximum atomic E-state index is 14.2. The number of para-hydroxylation sites is 1. The van der Waals surface area contributed by atoms with E-state index in [2.05, 4.69) is 72.7 Å². The van der Waals surface area contributed by atoms with Gasteiger partial charge in [0.2, 0.25) is 0 Å². The van der Waals surface area contributed by atoms with E-state index < -0.39 is 0 Å². The third-order valence-corrected chi connectivity index (χ3v) is 6.91. The van der Waals surface area contributed by atoms with Crippen molar-refractivity contribution in [1.82, 2.24) is 15.2 Å². The van der Waals surface area contributed by atoms with Crippen LogP contribution in [0.1, 0.15) is 46.4 Å². The molecule has 4 heteroatoms. The molecule has 0 aliphatic carbocycles. The fourth-order valence-electron chi connectivity index (χ4n) is 5.06. The van der Waals surface area contributed by atoms with Gasteiger partial charge in [0.15, 0.2) is 0 Å². The molecule has 38 heavy (non-hydrogen) atoms. The van der Waals surface area contributed by atoms with E-state index in [-0.39, 0.29) is 11.9 Å². The first-order valence-electron chi connectivity index (χ1n) is 13.2. The van der Waals surface area contributed by atoms with Crippen molar-refractivity contribution >= 4 is 16.8 Å². The van der Waals surface area contributed by atoms with Gasteiger partial charge in [-0.25, -0.2) is 4.98 Å². The quantitative estimate of drug-likeness (QED) is 0.230. The predicted octanol–water partition coefficient (Wildman–Crippen LogP) is 7.41. The lowest BCUT2D eigenvalue weighted by molar-refractivity contribution is 0.0935. The number of pyridine rings is 1. The minimum Gasteiger partial charge on any atom is -0.345 e. The first-order valence-corrected chi connectivity index (χ1v) is 13.2. The Morgan fingerprint density at radius 3 is 2.08 bits per heavy atom. The van der Waals surface area contributed by atoms with Gasteiger partial charge in [0, 0.05) is 29.6 Å². The van der Waals surface area contributed by atoms with Crippen LogP contribution in [-0.2, 0) is 13.1 Å². The molecule has 190 valence electrons. The van der Waals surface area contributed by atoms with Crippen molar-refractivity contribution in [2.24, 2.45) is 0 Å². The van der Waals surface area contributed by atoms with E-state index in [1.807, 2.05) is 66.7 Å². The summed E-state index contributed by atoms with van der Waals surface area (Å²) in [6.45, 7) is 3.46. The number of nitrogens with one attached hydrogen (secondary N) is 1. The Morgan fingerprint density at radius 2 is 1.39 bits per heavy atom. The van der Waals surface area contributed by atoms with Gasteiger partial charge in [0.25, 0.3) is 5.91 Å². The average Bonchev–Trinajstić information content (AvgIpc) is 2.96. The van der Waals surface area contributed by atoms with Crippen molar-refractivity contribution < 1.29 is 4.79 Å². The van der Waals surface area contributed by atoms with Crippen LogP contribution in [0.15, 0.2) is 115 Å². The summed E-state index contributed by atoms with van der Waals surface area (Å²) in [5.41, 5.74) is 6.64. The first-order chi connectivity index (χ1) is 18.6. The van der Waals surface area contributed by atoms with E-state index in [9.17, 15) is 4.79 Å². The Balaban J connectivity index is 1.62. The van der Waals surface area contributed by atoms with E-state index in [4.69, 9.17) is 4.98 Å². The summed E-state index contributed by atoms with van der Waals surface area (Å²) in [6, 6.07) is 38.7. The van der Waals surface area contributed by atoms with Gasteiger partial charge in [-0.1, -0.05) is 116 Å². The molecule has 0 unspecified atom stereocenters. The third kappa shape index (κ3) is 5.66. The van der Waals surface area contributed by atoms with E-state index in [0.29, 0.717) is 12.1 Å². The number of hydrogen-bond donors (Lipinski definition) is 1. The Hall–Kier alpha value is -4.28. The smallest absolute Gasteiger partial charge is 0.252 e. The third-order valence-electron chi connectivity index (χ3n) is 6.91. The van der Waals surface area contributed by atoms with Gasteiger partial charge in [0.1, 0.15) is 0 Å². The van der Waals surface area contributed by atoms with Crippen LogP contribution < -0.4 is 5.32 Å². The van der Waals surface area contributed by atoms with Gasteiger partial charge in [-0.15, -0.1) is 0 Å². The van der Waals surface area contributed by atoms with Crippen LogP contribution in [0.2, 0.25) is 0 Å². The number of hydrogen-bond acceptors (Lipinski definition) is 3. The van der Waals surface area contributed by atoms with Gasteiger partial charge in [-0.2, -0.15) is 0 Å². The predicted molar refractivity (Wildman–Crippen MR) is 156 cm³/mol. The van der Waals surface area contributed by atoms with Crippen molar-refractivity contribution in [2.45, 2.75) is 32.5 Å². The molecule has 0 aliphatic rings. The second-order valence-corrected chi connectivity index (χ2v) is 9.70. The fourth-order valence-corrected chi connectivity index (χ4v) is 5.06. The minimum atomic E-state index is -0.0781. The van der Waals surface area contributed by atoms with Crippen molar-refractivity contribution in [3.63, 3.8) is 0 Å². The first kappa shape index (κ1) is 25.4. The van der Waals surface area contributed by atoms with Crippen LogP contribution >= 0.6 is 0 Å². The highest BCUT2D eigenvalue weighted by atomic mass is 16.1. The Bertz CT molecular complexity index is 1500. The second kappa shape index (κ2) is 11.8. The van der Waals surface area contributed by atoms with Gasteiger partial charge in [0.05, 0.1) is 22.8 Å². The zero-order valence-corrected chi connectivity index (χ0v) is 22.0. The summed E-state index contributed by atoms with van der Waals surface area (Å²) >= 11 is 0. The molecule has 1 heterocycles. The average molecular weight is 500 g/mol. The largest absolute Gasteiger partial charge is 0.345 e. The molecule has 0 radical (unpaired) electrons. The minimum absolute atomic E-state index is 0.0698. The monoisotopic (exact) mass is 499 g/mol. The standard InChI is InChI=1S/C34H33N3O/c1-3-30(26-17-9-5-10-18-26)36-34(38)32-28-21-13-14-22-31(28)35-33(27-19-11-6-12-20-27)29(32)24-37(2)23-25-15-7-4-8-16-25/h4-22,30H,3,23-24H2,1-2H3,(H,36,38)/t30-/m0/s1. The zero-order chi connectivity index (χ0) is 26.3. The summed E-state index contributed by atoms with van der Waals surface area (Å²) in [7, 11) is 2.09. The molecule has 4 nitrogen and oxygen atoms in total. The Kier molecular flexibility index (Phi) is 7.91. The normalized spacial score (nSPS) is 12.0. The summed E-state index contributed by atoms with van der Waals surface area (Å²) < 4.78 is 0. The molecule has 0 saturated heterocycles. The van der Waals surface area contributed by atoms with E-state index in [1.165, 1.54) is 5.56 Å². The molecule has 1 atom stereocenters. The number of benzene rings is 4. The van der Waals surface area contributed by atoms with Crippen molar-refractivity contribution in [3.8, 4) is 11.3 Å². The lowest BCUT2D eigenvalue weighted by Gasteiger charge is -2.24. The topological polar surface area (TPSA) is 45.2 Å². The van der Waals surface area contributed by atoms with Crippen LogP contribution in [0.25, 0.3) is 22.2 Å². The maximum absolute atomic E-state index is 14.2. The van der Waals surface area contributed by atoms with Gasteiger partial charge in [-0.3, -0.25) is 9.69 Å². The highest BCUT2D eigenvalue weighted by Crippen LogP contribution is 2.32. The summed E-state index contributed by atoms with van der Waals surface area (Å²) in [6.07, 6.45) is 0.799. The molecular formula is C34H33N3O.